The summed E-state index contributed by atoms with van der Waals surface area (Å²) < 4.78 is 2.40. The maximum absolute atomic E-state index is 9.28. The molecule has 0 aliphatic heterocycles. The lowest BCUT2D eigenvalue weighted by Crippen LogP contribution is -2.46. The third-order valence-electron chi connectivity index (χ3n) is 7.04. The molecule has 6 nitrogen and oxygen atoms in total. The van der Waals surface area contributed by atoms with Crippen LogP contribution in [-0.2, 0) is 22.7 Å². The molecule has 0 aliphatic carbocycles. The van der Waals surface area contributed by atoms with Gasteiger partial charge in [0, 0.05) is 29.5 Å². The predicted octanol–water partition coefficient (Wildman–Crippen LogP) is 3.00. The Labute approximate surface area is 213 Å². The zero-order valence-corrected chi connectivity index (χ0v) is 22.7. The van der Waals surface area contributed by atoms with Crippen molar-refractivity contribution in [2.75, 3.05) is 39.3 Å². The largest absolute Gasteiger partial charge is 0.550 e. The molecule has 0 N–H and O–H groups in total. The number of carbonyl (C=O) groups is 2. The number of quaternary nitrogens is 2. The van der Waals surface area contributed by atoms with E-state index in [1.807, 2.05) is 0 Å². The lowest BCUT2D eigenvalue weighted by Gasteiger charge is -2.35. The van der Waals surface area contributed by atoms with Crippen LogP contribution < -0.4 is 10.2 Å². The van der Waals surface area contributed by atoms with Gasteiger partial charge in [-0.3, -0.25) is 0 Å². The summed E-state index contributed by atoms with van der Waals surface area (Å²) >= 11 is 0. The van der Waals surface area contributed by atoms with Crippen molar-refractivity contribution < 1.29 is 28.8 Å². The molecular weight excluding hydrogens is 440 g/mol. The van der Waals surface area contributed by atoms with E-state index in [0.717, 1.165) is 0 Å². The van der Waals surface area contributed by atoms with E-state index in [1.165, 1.54) is 72.5 Å². The second-order valence-electron chi connectivity index (χ2n) is 8.79. The monoisotopic (exact) mass is 486 g/mol. The molecule has 0 spiro atoms. The zero-order valence-electron chi connectivity index (χ0n) is 22.7. The quantitative estimate of drug-likeness (QED) is 0.341. The van der Waals surface area contributed by atoms with E-state index in [9.17, 15) is 19.8 Å². The minimum absolute atomic E-state index is 1.03. The van der Waals surface area contributed by atoms with Crippen LogP contribution >= 0.6 is 0 Å². The Morgan fingerprint density at radius 1 is 0.543 bits per heavy atom. The standard InChI is InChI=1S/2C13H22N.C3H4O4/c2*1-4-14(5-2,6-3)12-13-10-8-7-9-11-13;4-2(5)1-3(6)7/h2*7-11H,4-6,12H2,1-3H3;1H2,(H,4,5)(H,6,7)/q2*+1;/p-2. The number of carboxylic acids is 2. The highest BCUT2D eigenvalue weighted by Gasteiger charge is 2.21. The lowest BCUT2D eigenvalue weighted by atomic mass is 10.2. The summed E-state index contributed by atoms with van der Waals surface area (Å²) in [6.07, 6.45) is -1.03. The van der Waals surface area contributed by atoms with E-state index in [1.54, 1.807) is 0 Å². The van der Waals surface area contributed by atoms with Crippen LogP contribution in [0.25, 0.3) is 0 Å². The maximum Gasteiger partial charge on any atom is 0.104 e. The normalized spacial score (nSPS) is 10.9. The van der Waals surface area contributed by atoms with Gasteiger partial charge in [0.15, 0.2) is 0 Å². The first-order chi connectivity index (χ1) is 16.6. The third-order valence-corrected chi connectivity index (χ3v) is 7.04. The summed E-state index contributed by atoms with van der Waals surface area (Å²) in [5, 5.41) is 18.6. The van der Waals surface area contributed by atoms with Crippen LogP contribution in [0.15, 0.2) is 60.7 Å². The Balaban J connectivity index is 0.000000526. The van der Waals surface area contributed by atoms with Crippen LogP contribution in [0, 0.1) is 0 Å². The highest BCUT2D eigenvalue weighted by atomic mass is 16.4. The van der Waals surface area contributed by atoms with E-state index in [-0.39, 0.29) is 0 Å². The van der Waals surface area contributed by atoms with E-state index in [2.05, 4.69) is 102 Å². The summed E-state index contributed by atoms with van der Waals surface area (Å²) in [7, 11) is 0. The molecule has 0 fully saturated rings. The van der Waals surface area contributed by atoms with Gasteiger partial charge in [-0.25, -0.2) is 0 Å². The van der Waals surface area contributed by atoms with Gasteiger partial charge in [-0.15, -0.1) is 0 Å². The maximum atomic E-state index is 9.28. The van der Waals surface area contributed by atoms with Crippen molar-refractivity contribution in [3.05, 3.63) is 71.8 Å². The van der Waals surface area contributed by atoms with E-state index in [4.69, 9.17) is 0 Å². The molecule has 0 bridgehead atoms. The van der Waals surface area contributed by atoms with Gasteiger partial charge in [-0.05, 0) is 41.5 Å². The lowest BCUT2D eigenvalue weighted by molar-refractivity contribution is -0.936. The van der Waals surface area contributed by atoms with Crippen molar-refractivity contribution in [1.82, 2.24) is 0 Å². The van der Waals surface area contributed by atoms with Gasteiger partial charge in [-0.1, -0.05) is 60.7 Å². The summed E-state index contributed by atoms with van der Waals surface area (Å²) in [4.78, 5) is 18.6. The van der Waals surface area contributed by atoms with Gasteiger partial charge in [-0.2, -0.15) is 0 Å². The van der Waals surface area contributed by atoms with Crippen molar-refractivity contribution in [2.24, 2.45) is 0 Å². The molecular formula is C29H46N2O4. The van der Waals surface area contributed by atoms with Crippen molar-refractivity contribution >= 4 is 11.9 Å². The first-order valence-electron chi connectivity index (χ1n) is 12.8. The van der Waals surface area contributed by atoms with Crippen molar-refractivity contribution in [2.45, 2.75) is 61.1 Å². The minimum Gasteiger partial charge on any atom is -0.550 e. The van der Waals surface area contributed by atoms with Gasteiger partial charge in [0.05, 0.1) is 39.3 Å². The second-order valence-corrected chi connectivity index (χ2v) is 8.79. The Morgan fingerprint density at radius 2 is 0.800 bits per heavy atom. The molecule has 0 saturated carbocycles. The highest BCUT2D eigenvalue weighted by Crippen LogP contribution is 2.14. The van der Waals surface area contributed by atoms with E-state index in [0.29, 0.717) is 0 Å². The molecule has 196 valence electrons. The predicted molar refractivity (Wildman–Crippen MR) is 139 cm³/mol. The summed E-state index contributed by atoms with van der Waals surface area (Å²) in [5.41, 5.74) is 2.91. The van der Waals surface area contributed by atoms with Crippen LogP contribution in [0.3, 0.4) is 0 Å². The minimum atomic E-state index is -1.63. The molecule has 0 atom stereocenters. The molecule has 0 unspecified atom stereocenters. The number of hydrogen-bond donors (Lipinski definition) is 0. The molecule has 2 aromatic carbocycles. The van der Waals surface area contributed by atoms with Gasteiger partial charge in [0.1, 0.15) is 13.1 Å². The van der Waals surface area contributed by atoms with Gasteiger partial charge in [0.25, 0.3) is 0 Å². The smallest absolute Gasteiger partial charge is 0.104 e. The number of benzene rings is 2. The molecule has 2 aromatic rings. The fourth-order valence-corrected chi connectivity index (χ4v) is 4.07. The molecule has 0 aromatic heterocycles. The Bertz CT molecular complexity index is 731. The molecule has 0 saturated heterocycles. The highest BCUT2D eigenvalue weighted by molar-refractivity contribution is 5.86. The number of carbonyl (C=O) groups excluding carboxylic acids is 2. The number of hydrogen-bond acceptors (Lipinski definition) is 4. The van der Waals surface area contributed by atoms with E-state index >= 15 is 0 Å². The fraction of sp³-hybridized carbons (Fsp3) is 0.517. The molecule has 0 radical (unpaired) electrons. The van der Waals surface area contributed by atoms with Gasteiger partial charge >= 0.3 is 0 Å². The number of carboxylic acid groups (broad SMARTS) is 2. The first-order valence-corrected chi connectivity index (χ1v) is 12.8. The summed E-state index contributed by atoms with van der Waals surface area (Å²) in [6, 6.07) is 21.6. The SMILES string of the molecule is CC[N+](CC)(CC)Cc1ccccc1.CC[N+](CC)(CC)Cc1ccccc1.O=C([O-])CC(=O)[O-]. The van der Waals surface area contributed by atoms with Gasteiger partial charge in [0.2, 0.25) is 0 Å². The molecule has 0 aliphatic rings. The Hall–Kier alpha value is -2.70. The third kappa shape index (κ3) is 13.1. The fourth-order valence-electron chi connectivity index (χ4n) is 4.07. The molecule has 0 amide bonds. The summed E-state index contributed by atoms with van der Waals surface area (Å²) in [6.45, 7) is 23.4. The molecule has 0 heterocycles. The molecule has 35 heavy (non-hydrogen) atoms. The Kier molecular flexibility index (Phi) is 16.3. The average Bonchev–Trinajstić information content (AvgIpc) is 2.87. The van der Waals surface area contributed by atoms with Gasteiger partial charge < -0.3 is 28.8 Å². The van der Waals surface area contributed by atoms with Crippen LogP contribution in [0.5, 0.6) is 0 Å². The number of nitrogens with zero attached hydrogens (tertiary/aromatic N) is 2. The second kappa shape index (κ2) is 17.7. The average molecular weight is 487 g/mol. The van der Waals surface area contributed by atoms with Crippen LogP contribution in [0.2, 0.25) is 0 Å². The van der Waals surface area contributed by atoms with Crippen molar-refractivity contribution in [3.63, 3.8) is 0 Å². The molecule has 2 rings (SSSR count). The number of rotatable bonds is 12. The van der Waals surface area contributed by atoms with Crippen LogP contribution in [0.4, 0.5) is 0 Å². The first kappa shape index (κ1) is 32.3. The zero-order chi connectivity index (χ0) is 26.7. The molecule has 6 heteroatoms. The van der Waals surface area contributed by atoms with Crippen molar-refractivity contribution in [1.29, 1.82) is 0 Å². The summed E-state index contributed by atoms with van der Waals surface area (Å²) in [5.74, 6) is -3.25. The van der Waals surface area contributed by atoms with Crippen molar-refractivity contribution in [3.8, 4) is 0 Å². The van der Waals surface area contributed by atoms with E-state index < -0.39 is 18.4 Å². The topological polar surface area (TPSA) is 80.3 Å². The van der Waals surface area contributed by atoms with Crippen LogP contribution in [-0.4, -0.2) is 60.2 Å². The number of aliphatic carboxylic acids is 2. The Morgan fingerprint density at radius 3 is 0.971 bits per heavy atom. The van der Waals surface area contributed by atoms with Crippen LogP contribution in [0.1, 0.15) is 59.1 Å².